The second kappa shape index (κ2) is 5.76. The third kappa shape index (κ3) is 2.46. The minimum atomic E-state index is -0.275. The molecule has 1 aliphatic rings. The van der Waals surface area contributed by atoms with Crippen molar-refractivity contribution in [3.8, 4) is 0 Å². The van der Waals surface area contributed by atoms with Crippen LogP contribution in [0.15, 0.2) is 28.9 Å². The van der Waals surface area contributed by atoms with E-state index in [1.165, 1.54) is 12.3 Å². The lowest BCUT2D eigenvalue weighted by Crippen LogP contribution is -2.29. The van der Waals surface area contributed by atoms with Crippen LogP contribution in [0.5, 0.6) is 0 Å². The number of carbonyl (C=O) groups is 1. The number of ketones is 1. The molecule has 0 atom stereocenters. The van der Waals surface area contributed by atoms with E-state index >= 15 is 0 Å². The van der Waals surface area contributed by atoms with Crippen molar-refractivity contribution in [2.75, 3.05) is 25.9 Å². The molecule has 0 aromatic carbocycles. The number of likely N-dealkylation sites (tertiary alicyclic amines) is 1. The van der Waals surface area contributed by atoms with Crippen molar-refractivity contribution in [1.29, 1.82) is 0 Å². The zero-order valence-corrected chi connectivity index (χ0v) is 13.5. The highest BCUT2D eigenvalue weighted by atomic mass is 16.5. The number of pyridine rings is 1. The number of nitrogens with one attached hydrogen (secondary N) is 1. The first kappa shape index (κ1) is 14.9. The molecular weight excluding hydrogens is 306 g/mol. The van der Waals surface area contributed by atoms with Gasteiger partial charge in [0.1, 0.15) is 11.5 Å². The largest absolute Gasteiger partial charge is 0.385 e. The van der Waals surface area contributed by atoms with Gasteiger partial charge in [-0.3, -0.25) is 4.79 Å². The van der Waals surface area contributed by atoms with E-state index in [2.05, 4.69) is 27.1 Å². The molecule has 1 saturated heterocycles. The molecule has 3 aromatic heterocycles. The molecule has 3 N–H and O–H groups in total. The fourth-order valence-corrected chi connectivity index (χ4v) is 3.40. The first-order valence-corrected chi connectivity index (χ1v) is 8.05. The molecule has 3 aromatic rings. The average molecular weight is 325 g/mol. The molecule has 0 saturated carbocycles. The summed E-state index contributed by atoms with van der Waals surface area (Å²) in [6, 6.07) is 5.07. The van der Waals surface area contributed by atoms with Crippen LogP contribution in [0.25, 0.3) is 11.0 Å². The van der Waals surface area contributed by atoms with Crippen molar-refractivity contribution in [1.82, 2.24) is 20.0 Å². The second-order valence-corrected chi connectivity index (χ2v) is 6.33. The van der Waals surface area contributed by atoms with Gasteiger partial charge in [0, 0.05) is 11.6 Å². The Hall–Kier alpha value is -2.67. The summed E-state index contributed by atoms with van der Waals surface area (Å²) >= 11 is 0. The average Bonchev–Trinajstić information content (AvgIpc) is 3.22. The number of hydrogen-bond donors (Lipinski definition) is 2. The van der Waals surface area contributed by atoms with Crippen molar-refractivity contribution < 1.29 is 9.32 Å². The lowest BCUT2D eigenvalue weighted by Gasteiger charge is -2.28. The van der Waals surface area contributed by atoms with Crippen molar-refractivity contribution >= 4 is 22.6 Å². The van der Waals surface area contributed by atoms with E-state index in [-0.39, 0.29) is 11.5 Å². The van der Waals surface area contributed by atoms with E-state index in [1.807, 2.05) is 6.07 Å². The monoisotopic (exact) mass is 325 g/mol. The molecule has 0 bridgehead atoms. The molecular formula is C17H19N5O2. The normalized spacial score (nSPS) is 16.7. The van der Waals surface area contributed by atoms with Crippen LogP contribution >= 0.6 is 0 Å². The lowest BCUT2D eigenvalue weighted by molar-refractivity contribution is 0.0996. The van der Waals surface area contributed by atoms with Crippen molar-refractivity contribution in [3.63, 3.8) is 0 Å². The number of fused-ring (bicyclic) bond motifs is 1. The second-order valence-electron chi connectivity index (χ2n) is 6.33. The maximum absolute atomic E-state index is 12.4. The molecule has 7 heteroatoms. The highest BCUT2D eigenvalue weighted by molar-refractivity contribution is 6.06. The molecule has 4 heterocycles. The van der Waals surface area contributed by atoms with Gasteiger partial charge in [-0.15, -0.1) is 0 Å². The third-order valence-electron chi connectivity index (χ3n) is 4.73. The van der Waals surface area contributed by atoms with Crippen molar-refractivity contribution in [3.05, 3.63) is 41.4 Å². The first-order chi connectivity index (χ1) is 11.6. The van der Waals surface area contributed by atoms with E-state index < -0.39 is 0 Å². The van der Waals surface area contributed by atoms with Crippen molar-refractivity contribution in [2.24, 2.45) is 0 Å². The number of H-pyrrole nitrogens is 1. The number of rotatable bonds is 3. The predicted molar refractivity (Wildman–Crippen MR) is 89.9 cm³/mol. The van der Waals surface area contributed by atoms with Gasteiger partial charge in [0.15, 0.2) is 0 Å². The van der Waals surface area contributed by atoms with Gasteiger partial charge in [-0.2, -0.15) is 0 Å². The van der Waals surface area contributed by atoms with Gasteiger partial charge in [0.25, 0.3) is 0 Å². The first-order valence-electron chi connectivity index (χ1n) is 8.05. The Bertz CT molecular complexity index is 876. The summed E-state index contributed by atoms with van der Waals surface area (Å²) in [4.78, 5) is 22.5. The highest BCUT2D eigenvalue weighted by Gasteiger charge is 2.25. The summed E-state index contributed by atoms with van der Waals surface area (Å²) in [5.41, 5.74) is 9.23. The molecule has 124 valence electrons. The van der Waals surface area contributed by atoms with Crippen LogP contribution < -0.4 is 5.73 Å². The van der Waals surface area contributed by atoms with E-state index in [9.17, 15) is 4.79 Å². The lowest BCUT2D eigenvalue weighted by atomic mass is 9.90. The Morgan fingerprint density at radius 1 is 1.33 bits per heavy atom. The maximum atomic E-state index is 12.4. The van der Waals surface area contributed by atoms with E-state index in [1.54, 1.807) is 6.07 Å². The summed E-state index contributed by atoms with van der Waals surface area (Å²) in [5, 5.41) is 3.58. The van der Waals surface area contributed by atoms with Crippen LogP contribution in [0.4, 0.5) is 5.82 Å². The maximum Gasteiger partial charge on any atom is 0.249 e. The topological polar surface area (TPSA) is 101 Å². The minimum absolute atomic E-state index is 0.186. The number of piperidine rings is 1. The summed E-state index contributed by atoms with van der Waals surface area (Å²) in [6.45, 7) is 2.07. The molecule has 4 rings (SSSR count). The molecule has 1 aliphatic heterocycles. The fourth-order valence-electron chi connectivity index (χ4n) is 3.40. The number of aromatic nitrogens is 3. The number of anilines is 1. The molecule has 0 radical (unpaired) electrons. The fraction of sp³-hybridized carbons (Fsp3) is 0.353. The molecule has 24 heavy (non-hydrogen) atoms. The summed E-state index contributed by atoms with van der Waals surface area (Å²) in [6.07, 6.45) is 3.52. The van der Waals surface area contributed by atoms with E-state index in [0.29, 0.717) is 17.4 Å². The van der Waals surface area contributed by atoms with Crippen LogP contribution in [0.2, 0.25) is 0 Å². The molecule has 0 aliphatic carbocycles. The quantitative estimate of drug-likeness (QED) is 0.716. The number of nitrogen functional groups attached to an aromatic ring is 1. The van der Waals surface area contributed by atoms with Crippen molar-refractivity contribution in [2.45, 2.75) is 18.8 Å². The minimum Gasteiger partial charge on any atom is -0.385 e. The smallest absolute Gasteiger partial charge is 0.249 e. The number of hydrogen-bond acceptors (Lipinski definition) is 6. The van der Waals surface area contributed by atoms with Crippen LogP contribution in [-0.2, 0) is 0 Å². The number of carbonyl (C=O) groups excluding carboxylic acids is 1. The number of aromatic amines is 1. The van der Waals surface area contributed by atoms with E-state index in [0.717, 1.165) is 42.5 Å². The van der Waals surface area contributed by atoms with Gasteiger partial charge in [-0.05, 0) is 51.0 Å². The van der Waals surface area contributed by atoms with Gasteiger partial charge in [-0.1, -0.05) is 5.16 Å². The van der Waals surface area contributed by atoms with Crippen LogP contribution in [0, 0.1) is 0 Å². The predicted octanol–water partition coefficient (Wildman–Crippen LogP) is 2.17. The summed E-state index contributed by atoms with van der Waals surface area (Å²) in [5.74, 6) is 0.920. The van der Waals surface area contributed by atoms with Gasteiger partial charge in [0.2, 0.25) is 11.5 Å². The van der Waals surface area contributed by atoms with Gasteiger partial charge in [-0.25, -0.2) is 4.98 Å². The summed E-state index contributed by atoms with van der Waals surface area (Å²) in [7, 11) is 2.13. The summed E-state index contributed by atoms with van der Waals surface area (Å²) < 4.78 is 4.95. The molecule has 0 amide bonds. The van der Waals surface area contributed by atoms with Gasteiger partial charge in [0.05, 0.1) is 17.2 Å². The molecule has 1 fully saturated rings. The Balaban J connectivity index is 1.75. The number of nitrogens with two attached hydrogens (primary N) is 1. The van der Waals surface area contributed by atoms with Crippen LogP contribution in [-0.4, -0.2) is 45.9 Å². The third-order valence-corrected chi connectivity index (χ3v) is 4.73. The zero-order chi connectivity index (χ0) is 16.7. The standard InChI is InChI=1S/C17H19N5O2/c1-22-8-5-10(6-9-22)14-15-11(21-17(14)18)2-3-12(20-15)16(23)13-4-7-19-24-13/h2-4,7,10,21H,5-6,8-9,18H2,1H3. The Morgan fingerprint density at radius 2 is 2.12 bits per heavy atom. The molecule has 0 spiro atoms. The molecule has 7 nitrogen and oxygen atoms in total. The van der Waals surface area contributed by atoms with Crippen LogP contribution in [0.1, 0.15) is 40.6 Å². The Morgan fingerprint density at radius 3 is 2.83 bits per heavy atom. The van der Waals surface area contributed by atoms with E-state index in [4.69, 9.17) is 10.3 Å². The van der Waals surface area contributed by atoms with Gasteiger partial charge < -0.3 is 20.1 Å². The SMILES string of the molecule is CN1CCC(c2c(N)[nH]c3ccc(C(=O)c4ccno4)nc23)CC1. The number of nitrogens with zero attached hydrogens (tertiary/aromatic N) is 3. The van der Waals surface area contributed by atoms with Gasteiger partial charge >= 0.3 is 0 Å². The highest BCUT2D eigenvalue weighted by Crippen LogP contribution is 2.36. The Labute approximate surface area is 138 Å². The van der Waals surface area contributed by atoms with Crippen LogP contribution in [0.3, 0.4) is 0 Å². The Kier molecular flexibility index (Phi) is 3.57. The molecule has 0 unspecified atom stereocenters. The zero-order valence-electron chi connectivity index (χ0n) is 13.5.